The first kappa shape index (κ1) is 13.9. The van der Waals surface area contributed by atoms with Gasteiger partial charge in [-0.2, -0.15) is 0 Å². The Balaban J connectivity index is 2.25. The van der Waals surface area contributed by atoms with Crippen LogP contribution in [0.3, 0.4) is 0 Å². The molecule has 2 rings (SSSR count). The lowest BCUT2D eigenvalue weighted by molar-refractivity contribution is -0.143. The molecule has 0 saturated heterocycles. The second-order valence-corrected chi connectivity index (χ2v) is 5.47. The van der Waals surface area contributed by atoms with Gasteiger partial charge >= 0.3 is 5.97 Å². The van der Waals surface area contributed by atoms with E-state index < -0.39 is 5.97 Å². The molecule has 0 bridgehead atoms. The van der Waals surface area contributed by atoms with Crippen molar-refractivity contribution in [3.63, 3.8) is 0 Å². The van der Waals surface area contributed by atoms with E-state index in [0.29, 0.717) is 12.5 Å². The minimum Gasteiger partial charge on any atom is -0.494 e. The van der Waals surface area contributed by atoms with Crippen molar-refractivity contribution >= 4 is 5.97 Å². The highest BCUT2D eigenvalue weighted by Gasteiger charge is 2.34. The SMILES string of the molecule is CCOc1cccc(C2CC(C)CCC2C(=O)O)c1. The molecule has 1 aliphatic carbocycles. The minimum absolute atomic E-state index is 0.113. The Morgan fingerprint density at radius 3 is 2.89 bits per heavy atom. The van der Waals surface area contributed by atoms with Crippen molar-refractivity contribution in [3.8, 4) is 5.75 Å². The number of carboxylic acids is 1. The second-order valence-electron chi connectivity index (χ2n) is 5.47. The van der Waals surface area contributed by atoms with Gasteiger partial charge < -0.3 is 9.84 Å². The Bertz CT molecular complexity index is 441. The first-order valence-electron chi connectivity index (χ1n) is 7.07. The summed E-state index contributed by atoms with van der Waals surface area (Å²) >= 11 is 0. The van der Waals surface area contributed by atoms with Crippen molar-refractivity contribution in [2.24, 2.45) is 11.8 Å². The Hall–Kier alpha value is -1.51. The molecule has 0 radical (unpaired) electrons. The van der Waals surface area contributed by atoms with Crippen molar-refractivity contribution in [1.29, 1.82) is 0 Å². The predicted molar refractivity (Wildman–Crippen MR) is 74.5 cm³/mol. The van der Waals surface area contributed by atoms with Crippen LogP contribution in [0.15, 0.2) is 24.3 Å². The summed E-state index contributed by atoms with van der Waals surface area (Å²) < 4.78 is 5.51. The van der Waals surface area contributed by atoms with Crippen LogP contribution < -0.4 is 4.74 Å². The lowest BCUT2D eigenvalue weighted by Gasteiger charge is -2.32. The number of ether oxygens (including phenoxy) is 1. The van der Waals surface area contributed by atoms with Crippen molar-refractivity contribution in [1.82, 2.24) is 0 Å². The molecule has 3 nitrogen and oxygen atoms in total. The molecule has 1 aromatic rings. The van der Waals surface area contributed by atoms with Gasteiger partial charge in [0, 0.05) is 0 Å². The number of carbonyl (C=O) groups is 1. The third kappa shape index (κ3) is 3.28. The molecule has 1 N–H and O–H groups in total. The first-order chi connectivity index (χ1) is 9.11. The predicted octanol–water partition coefficient (Wildman–Crippen LogP) is 3.69. The smallest absolute Gasteiger partial charge is 0.307 e. The van der Waals surface area contributed by atoms with Gasteiger partial charge in [0.15, 0.2) is 0 Å². The molecule has 3 unspecified atom stereocenters. The fourth-order valence-electron chi connectivity index (χ4n) is 3.05. The molecule has 1 aliphatic rings. The fourth-order valence-corrected chi connectivity index (χ4v) is 3.05. The van der Waals surface area contributed by atoms with E-state index in [1.54, 1.807) is 0 Å². The van der Waals surface area contributed by atoms with Crippen molar-refractivity contribution in [2.75, 3.05) is 6.61 Å². The molecule has 3 atom stereocenters. The third-order valence-corrected chi connectivity index (χ3v) is 4.03. The van der Waals surface area contributed by atoms with Crippen LogP contribution in [0.25, 0.3) is 0 Å². The van der Waals surface area contributed by atoms with Crippen molar-refractivity contribution < 1.29 is 14.6 Å². The quantitative estimate of drug-likeness (QED) is 0.900. The number of hydrogen-bond acceptors (Lipinski definition) is 2. The summed E-state index contributed by atoms with van der Waals surface area (Å²) in [6.45, 7) is 4.79. The van der Waals surface area contributed by atoms with Crippen LogP contribution in [0, 0.1) is 11.8 Å². The maximum atomic E-state index is 11.4. The monoisotopic (exact) mass is 262 g/mol. The minimum atomic E-state index is -0.668. The molecule has 19 heavy (non-hydrogen) atoms. The summed E-state index contributed by atoms with van der Waals surface area (Å²) in [5, 5.41) is 9.40. The number of hydrogen-bond donors (Lipinski definition) is 1. The van der Waals surface area contributed by atoms with Crippen molar-refractivity contribution in [3.05, 3.63) is 29.8 Å². The molecule has 0 heterocycles. The van der Waals surface area contributed by atoms with Gasteiger partial charge in [0.05, 0.1) is 12.5 Å². The highest BCUT2D eigenvalue weighted by Crippen LogP contribution is 2.41. The van der Waals surface area contributed by atoms with Gasteiger partial charge in [-0.25, -0.2) is 0 Å². The van der Waals surface area contributed by atoms with Gasteiger partial charge in [0.1, 0.15) is 5.75 Å². The van der Waals surface area contributed by atoms with Crippen LogP contribution in [-0.2, 0) is 4.79 Å². The zero-order valence-corrected chi connectivity index (χ0v) is 11.6. The first-order valence-corrected chi connectivity index (χ1v) is 7.07. The summed E-state index contributed by atoms with van der Waals surface area (Å²) in [5.41, 5.74) is 1.10. The van der Waals surface area contributed by atoms with Crippen molar-refractivity contribution in [2.45, 2.75) is 39.0 Å². The van der Waals surface area contributed by atoms with Crippen LogP contribution >= 0.6 is 0 Å². The molecular weight excluding hydrogens is 240 g/mol. The van der Waals surface area contributed by atoms with E-state index in [0.717, 1.165) is 30.6 Å². The standard InChI is InChI=1S/C16H22O3/c1-3-19-13-6-4-5-12(10-13)15-9-11(2)7-8-14(15)16(17)18/h4-6,10-11,14-15H,3,7-9H2,1-2H3,(H,17,18). The van der Waals surface area contributed by atoms with Gasteiger partial charge in [0.2, 0.25) is 0 Å². The average Bonchev–Trinajstić information content (AvgIpc) is 2.39. The molecular formula is C16H22O3. The maximum absolute atomic E-state index is 11.4. The molecule has 0 amide bonds. The Kier molecular flexibility index (Phi) is 4.46. The molecule has 104 valence electrons. The van der Waals surface area contributed by atoms with Crippen LogP contribution in [0.1, 0.15) is 44.6 Å². The van der Waals surface area contributed by atoms with E-state index in [-0.39, 0.29) is 11.8 Å². The molecule has 3 heteroatoms. The zero-order valence-electron chi connectivity index (χ0n) is 11.6. The Morgan fingerprint density at radius 1 is 1.42 bits per heavy atom. The molecule has 1 aromatic carbocycles. The van der Waals surface area contributed by atoms with E-state index in [1.165, 1.54) is 0 Å². The van der Waals surface area contributed by atoms with Crippen LogP contribution in [0.4, 0.5) is 0 Å². The number of benzene rings is 1. The van der Waals surface area contributed by atoms with Gasteiger partial charge in [-0.3, -0.25) is 4.79 Å². The van der Waals surface area contributed by atoms with Gasteiger partial charge in [-0.1, -0.05) is 19.1 Å². The van der Waals surface area contributed by atoms with Gasteiger partial charge in [-0.05, 0) is 55.7 Å². The number of rotatable bonds is 4. The molecule has 1 saturated carbocycles. The van der Waals surface area contributed by atoms with Crippen LogP contribution in [0.5, 0.6) is 5.75 Å². The number of carboxylic acid groups (broad SMARTS) is 1. The topological polar surface area (TPSA) is 46.5 Å². The van der Waals surface area contributed by atoms with E-state index in [1.807, 2.05) is 31.2 Å². The molecule has 0 aromatic heterocycles. The summed E-state index contributed by atoms with van der Waals surface area (Å²) in [6.07, 6.45) is 2.74. The van der Waals surface area contributed by atoms with E-state index in [4.69, 9.17) is 4.74 Å². The molecule has 1 fully saturated rings. The Morgan fingerprint density at radius 2 is 2.21 bits per heavy atom. The zero-order chi connectivity index (χ0) is 13.8. The lowest BCUT2D eigenvalue weighted by atomic mass is 9.71. The summed E-state index contributed by atoms with van der Waals surface area (Å²) in [5.74, 6) is 0.618. The van der Waals surface area contributed by atoms with E-state index in [2.05, 4.69) is 6.92 Å². The largest absolute Gasteiger partial charge is 0.494 e. The van der Waals surface area contributed by atoms with E-state index in [9.17, 15) is 9.90 Å². The fraction of sp³-hybridized carbons (Fsp3) is 0.562. The maximum Gasteiger partial charge on any atom is 0.307 e. The summed E-state index contributed by atoms with van der Waals surface area (Å²) in [7, 11) is 0. The second kappa shape index (κ2) is 6.09. The van der Waals surface area contributed by atoms with Gasteiger partial charge in [0.25, 0.3) is 0 Å². The molecule has 0 spiro atoms. The lowest BCUT2D eigenvalue weighted by Crippen LogP contribution is -2.28. The highest BCUT2D eigenvalue weighted by atomic mass is 16.5. The molecule has 0 aliphatic heterocycles. The van der Waals surface area contributed by atoms with Gasteiger partial charge in [-0.15, -0.1) is 0 Å². The van der Waals surface area contributed by atoms with Crippen LogP contribution in [0.2, 0.25) is 0 Å². The summed E-state index contributed by atoms with van der Waals surface area (Å²) in [4.78, 5) is 11.4. The number of aliphatic carboxylic acids is 1. The van der Waals surface area contributed by atoms with E-state index >= 15 is 0 Å². The highest BCUT2D eigenvalue weighted by molar-refractivity contribution is 5.71. The Labute approximate surface area is 114 Å². The summed E-state index contributed by atoms with van der Waals surface area (Å²) in [6, 6.07) is 7.91. The third-order valence-electron chi connectivity index (χ3n) is 4.03. The van der Waals surface area contributed by atoms with Crippen LogP contribution in [-0.4, -0.2) is 17.7 Å². The normalized spacial score (nSPS) is 26.9. The average molecular weight is 262 g/mol.